The average Bonchev–Trinajstić information content (AvgIpc) is 1.81. The third kappa shape index (κ3) is 1.75. The van der Waals surface area contributed by atoms with Crippen LogP contribution in [-0.2, 0) is 0 Å². The number of aliphatic hydroxyl groups is 2. The summed E-state index contributed by atoms with van der Waals surface area (Å²) in [4.78, 5) is 0. The minimum Gasteiger partial charge on any atom is -0.350 e. The quantitative estimate of drug-likeness (QED) is 0.673. The van der Waals surface area contributed by atoms with Gasteiger partial charge in [0.15, 0.2) is 0 Å². The molecule has 0 bridgehead atoms. The Labute approximate surface area is 70.7 Å². The van der Waals surface area contributed by atoms with E-state index in [1.54, 1.807) is 0 Å². The van der Waals surface area contributed by atoms with Crippen LogP contribution in [0.4, 0.5) is 35.1 Å². The smallest absolute Gasteiger partial charge is 0.350 e. The molecular formula is C4H2F8O2. The van der Waals surface area contributed by atoms with Crippen LogP contribution in [0.5, 0.6) is 0 Å². The Hall–Kier alpha value is -0.640. The fourth-order valence-corrected chi connectivity index (χ4v) is 0.376. The van der Waals surface area contributed by atoms with Crippen LogP contribution in [0.15, 0.2) is 0 Å². The van der Waals surface area contributed by atoms with Gasteiger partial charge in [0.05, 0.1) is 0 Å². The zero-order valence-corrected chi connectivity index (χ0v) is 5.92. The van der Waals surface area contributed by atoms with Crippen molar-refractivity contribution in [1.82, 2.24) is 0 Å². The van der Waals surface area contributed by atoms with E-state index in [2.05, 4.69) is 0 Å². The summed E-state index contributed by atoms with van der Waals surface area (Å²) in [5.41, 5.74) is 0. The maximum atomic E-state index is 12.0. The predicted molar refractivity (Wildman–Crippen MR) is 24.2 cm³/mol. The van der Waals surface area contributed by atoms with Gasteiger partial charge in [-0.05, 0) is 0 Å². The van der Waals surface area contributed by atoms with Crippen LogP contribution in [0.1, 0.15) is 0 Å². The van der Waals surface area contributed by atoms with Crippen molar-refractivity contribution >= 4 is 0 Å². The second-order valence-electron chi connectivity index (χ2n) is 2.24. The molecule has 10 heteroatoms. The highest BCUT2D eigenvalue weighted by atomic mass is 19.4. The van der Waals surface area contributed by atoms with Gasteiger partial charge in [0.25, 0.3) is 0 Å². The summed E-state index contributed by atoms with van der Waals surface area (Å²) >= 11 is 0. The van der Waals surface area contributed by atoms with Crippen LogP contribution >= 0.6 is 0 Å². The van der Waals surface area contributed by atoms with E-state index < -0.39 is 24.1 Å². The number of hydrogen-bond donors (Lipinski definition) is 2. The summed E-state index contributed by atoms with van der Waals surface area (Å²) in [7, 11) is 0. The van der Waals surface area contributed by atoms with Crippen molar-refractivity contribution in [1.29, 1.82) is 0 Å². The minimum absolute atomic E-state index is 6.42. The van der Waals surface area contributed by atoms with Crippen molar-refractivity contribution in [2.75, 3.05) is 0 Å². The Morgan fingerprint density at radius 2 is 0.643 bits per heavy atom. The van der Waals surface area contributed by atoms with Gasteiger partial charge in [0, 0.05) is 0 Å². The van der Waals surface area contributed by atoms with E-state index in [9.17, 15) is 35.1 Å². The van der Waals surface area contributed by atoms with Crippen molar-refractivity contribution in [3.63, 3.8) is 0 Å². The fourth-order valence-electron chi connectivity index (χ4n) is 0.376. The molecular weight excluding hydrogens is 232 g/mol. The third-order valence-electron chi connectivity index (χ3n) is 1.19. The van der Waals surface area contributed by atoms with Crippen LogP contribution in [0, 0.1) is 0 Å². The highest BCUT2D eigenvalue weighted by Gasteiger charge is 2.79. The second-order valence-corrected chi connectivity index (χ2v) is 2.24. The highest BCUT2D eigenvalue weighted by molar-refractivity contribution is 4.94. The SMILES string of the molecule is OC(F)(C(F)(F)F)C(O)(F)C(F)(F)F. The van der Waals surface area contributed by atoms with Gasteiger partial charge in [-0.15, -0.1) is 0 Å². The third-order valence-corrected chi connectivity index (χ3v) is 1.19. The fraction of sp³-hybridized carbons (Fsp3) is 1.00. The summed E-state index contributed by atoms with van der Waals surface area (Å²) in [6.07, 6.45) is -13.2. The van der Waals surface area contributed by atoms with Gasteiger partial charge >= 0.3 is 24.1 Å². The van der Waals surface area contributed by atoms with Crippen molar-refractivity contribution in [2.45, 2.75) is 24.1 Å². The first kappa shape index (κ1) is 13.4. The Bertz CT molecular complexity index is 188. The molecule has 0 rings (SSSR count). The van der Waals surface area contributed by atoms with E-state index in [0.717, 1.165) is 0 Å². The molecule has 0 aromatic rings. The topological polar surface area (TPSA) is 40.5 Å². The largest absolute Gasteiger partial charge is 0.454 e. The highest BCUT2D eigenvalue weighted by Crippen LogP contribution is 2.48. The van der Waals surface area contributed by atoms with Gasteiger partial charge in [-0.3, -0.25) is 0 Å². The van der Waals surface area contributed by atoms with Gasteiger partial charge in [-0.25, -0.2) is 0 Å². The predicted octanol–water partition coefficient (Wildman–Crippen LogP) is 1.43. The molecule has 0 aliphatic heterocycles. The molecule has 86 valence electrons. The summed E-state index contributed by atoms with van der Waals surface area (Å²) in [5.74, 6) is -12.8. The van der Waals surface area contributed by atoms with E-state index in [-0.39, 0.29) is 0 Å². The Balaban J connectivity index is 5.30. The van der Waals surface area contributed by atoms with Gasteiger partial charge < -0.3 is 10.2 Å². The van der Waals surface area contributed by atoms with Gasteiger partial charge in [0.2, 0.25) is 0 Å². The number of halogens is 8. The molecule has 0 spiro atoms. The lowest BCUT2D eigenvalue weighted by atomic mass is 10.1. The maximum absolute atomic E-state index is 12.0. The summed E-state index contributed by atoms with van der Waals surface area (Å²) in [6.45, 7) is 0. The molecule has 0 fully saturated rings. The van der Waals surface area contributed by atoms with Crippen molar-refractivity contribution in [3.05, 3.63) is 0 Å². The van der Waals surface area contributed by atoms with Gasteiger partial charge in [0.1, 0.15) is 0 Å². The summed E-state index contributed by atoms with van der Waals surface area (Å²) in [5, 5.41) is 15.2. The molecule has 0 heterocycles. The van der Waals surface area contributed by atoms with Gasteiger partial charge in [-0.2, -0.15) is 35.1 Å². The van der Waals surface area contributed by atoms with Crippen molar-refractivity contribution in [3.8, 4) is 0 Å². The van der Waals surface area contributed by atoms with Crippen LogP contribution in [0.3, 0.4) is 0 Å². The van der Waals surface area contributed by atoms with E-state index >= 15 is 0 Å². The average molecular weight is 234 g/mol. The molecule has 0 radical (unpaired) electrons. The monoisotopic (exact) mass is 234 g/mol. The second kappa shape index (κ2) is 2.92. The van der Waals surface area contributed by atoms with E-state index in [1.807, 2.05) is 0 Å². The summed E-state index contributed by atoms with van der Waals surface area (Å²) < 4.78 is 91.9. The van der Waals surface area contributed by atoms with Crippen LogP contribution in [-0.4, -0.2) is 34.3 Å². The number of hydrogen-bond acceptors (Lipinski definition) is 2. The molecule has 0 aromatic heterocycles. The normalized spacial score (nSPS) is 22.7. The lowest BCUT2D eigenvalue weighted by molar-refractivity contribution is -0.461. The Morgan fingerprint density at radius 3 is 0.714 bits per heavy atom. The number of rotatable bonds is 1. The van der Waals surface area contributed by atoms with Gasteiger partial charge in [-0.1, -0.05) is 0 Å². The molecule has 0 amide bonds. The number of alkyl halides is 8. The molecule has 0 saturated carbocycles. The maximum Gasteiger partial charge on any atom is 0.454 e. The van der Waals surface area contributed by atoms with E-state index in [4.69, 9.17) is 10.2 Å². The molecule has 0 aliphatic rings. The van der Waals surface area contributed by atoms with Crippen molar-refractivity contribution < 1.29 is 45.3 Å². The molecule has 14 heavy (non-hydrogen) atoms. The minimum atomic E-state index is -6.62. The summed E-state index contributed by atoms with van der Waals surface area (Å²) in [6, 6.07) is 0. The zero-order chi connectivity index (χ0) is 12.0. The first-order valence-corrected chi connectivity index (χ1v) is 2.71. The van der Waals surface area contributed by atoms with E-state index in [0.29, 0.717) is 0 Å². The molecule has 0 saturated heterocycles. The van der Waals surface area contributed by atoms with Crippen LogP contribution in [0.2, 0.25) is 0 Å². The zero-order valence-electron chi connectivity index (χ0n) is 5.92. The van der Waals surface area contributed by atoms with Crippen molar-refractivity contribution in [2.24, 2.45) is 0 Å². The molecule has 2 atom stereocenters. The molecule has 2 nitrogen and oxygen atoms in total. The van der Waals surface area contributed by atoms with E-state index in [1.165, 1.54) is 0 Å². The Kier molecular flexibility index (Phi) is 2.79. The molecule has 2 unspecified atom stereocenters. The standard InChI is InChI=1S/C4H2F8O2/c5-1(13,3(7,8)9)2(6,14)4(10,11)12/h13-14H. The molecule has 0 aliphatic carbocycles. The molecule has 2 N–H and O–H groups in total. The first-order valence-electron chi connectivity index (χ1n) is 2.71. The lowest BCUT2D eigenvalue weighted by Gasteiger charge is -2.32. The Morgan fingerprint density at radius 1 is 0.500 bits per heavy atom. The van der Waals surface area contributed by atoms with Crippen LogP contribution in [0.25, 0.3) is 0 Å². The van der Waals surface area contributed by atoms with Crippen LogP contribution < -0.4 is 0 Å². The first-order chi connectivity index (χ1) is 5.75. The molecule has 0 aromatic carbocycles. The lowest BCUT2D eigenvalue weighted by Crippen LogP contribution is -2.64.